The topological polar surface area (TPSA) is 66.5 Å². The van der Waals surface area contributed by atoms with Crippen LogP contribution < -0.4 is 5.32 Å². The normalized spacial score (nSPS) is 36.2. The zero-order chi connectivity index (χ0) is 18.2. The molecule has 6 atom stereocenters. The van der Waals surface area contributed by atoms with Crippen molar-refractivity contribution in [3.8, 4) is 0 Å². The van der Waals surface area contributed by atoms with Crippen LogP contribution in [0.3, 0.4) is 0 Å². The number of amides is 3. The van der Waals surface area contributed by atoms with Gasteiger partial charge in [0.2, 0.25) is 17.7 Å². The van der Waals surface area contributed by atoms with Gasteiger partial charge in [0.15, 0.2) is 0 Å². The second kappa shape index (κ2) is 5.29. The second-order valence-corrected chi connectivity index (χ2v) is 8.28. The van der Waals surface area contributed by atoms with E-state index >= 15 is 0 Å². The van der Waals surface area contributed by atoms with Crippen molar-refractivity contribution in [3.63, 3.8) is 0 Å². The number of imide groups is 1. The molecule has 5 nitrogen and oxygen atoms in total. The fourth-order valence-corrected chi connectivity index (χ4v) is 5.46. The summed E-state index contributed by atoms with van der Waals surface area (Å²) in [5, 5.41) is 2.84. The molecule has 0 spiro atoms. The summed E-state index contributed by atoms with van der Waals surface area (Å²) in [5.41, 5.74) is 2.81. The molecule has 0 aromatic heterocycles. The zero-order valence-corrected chi connectivity index (χ0v) is 14.9. The first-order valence-electron chi connectivity index (χ1n) is 9.36. The van der Waals surface area contributed by atoms with Gasteiger partial charge in [0, 0.05) is 5.69 Å². The summed E-state index contributed by atoms with van der Waals surface area (Å²) in [7, 11) is 0. The summed E-state index contributed by atoms with van der Waals surface area (Å²) >= 11 is 0. The van der Waals surface area contributed by atoms with Crippen molar-refractivity contribution in [2.45, 2.75) is 20.3 Å². The number of nitrogens with one attached hydrogen (secondary N) is 1. The molecule has 1 aromatic rings. The van der Waals surface area contributed by atoms with Crippen molar-refractivity contribution in [2.75, 3.05) is 11.9 Å². The number of benzene rings is 1. The fraction of sp³-hybridized carbons (Fsp3) is 0.476. The van der Waals surface area contributed by atoms with Gasteiger partial charge in [-0.3, -0.25) is 19.3 Å². The number of hydrogen-bond donors (Lipinski definition) is 1. The quantitative estimate of drug-likeness (QED) is 0.672. The van der Waals surface area contributed by atoms with Crippen LogP contribution in [-0.2, 0) is 14.4 Å². The Kier molecular flexibility index (Phi) is 3.21. The van der Waals surface area contributed by atoms with Gasteiger partial charge in [-0.15, -0.1) is 0 Å². The summed E-state index contributed by atoms with van der Waals surface area (Å²) in [6, 6.07) is 5.78. The number of carbonyl (C=O) groups excluding carboxylic acids is 3. The molecule has 1 aliphatic heterocycles. The predicted octanol–water partition coefficient (Wildman–Crippen LogP) is 2.30. The van der Waals surface area contributed by atoms with Crippen LogP contribution >= 0.6 is 0 Å². The summed E-state index contributed by atoms with van der Waals surface area (Å²) < 4.78 is 0. The van der Waals surface area contributed by atoms with E-state index in [1.807, 2.05) is 32.0 Å². The SMILES string of the molecule is Cc1ccc(NC(=O)CN2C(=O)[C@@H]3[C@H]4C=C[C@H]([C@H]5C[C@H]45)[C@@H]3C2=O)c(C)c1. The smallest absolute Gasteiger partial charge is 0.244 e. The minimum absolute atomic E-state index is 0.152. The minimum atomic E-state index is -0.317. The van der Waals surface area contributed by atoms with E-state index in [9.17, 15) is 14.4 Å². The largest absolute Gasteiger partial charge is 0.324 e. The van der Waals surface area contributed by atoms with Crippen LogP contribution in [0.5, 0.6) is 0 Å². The van der Waals surface area contributed by atoms with Crippen LogP contribution in [0.1, 0.15) is 17.5 Å². The lowest BCUT2D eigenvalue weighted by molar-refractivity contribution is -0.142. The molecule has 1 aromatic carbocycles. The number of aryl methyl sites for hydroxylation is 2. The number of anilines is 1. The molecule has 6 rings (SSSR count). The monoisotopic (exact) mass is 350 g/mol. The number of rotatable bonds is 3. The van der Waals surface area contributed by atoms with Crippen LogP contribution in [0.15, 0.2) is 30.4 Å². The average molecular weight is 350 g/mol. The Labute approximate surface area is 152 Å². The maximum Gasteiger partial charge on any atom is 0.244 e. The average Bonchev–Trinajstić information content (AvgIpc) is 3.39. The van der Waals surface area contributed by atoms with Crippen molar-refractivity contribution in [1.82, 2.24) is 4.90 Å². The van der Waals surface area contributed by atoms with Crippen molar-refractivity contribution in [1.29, 1.82) is 0 Å². The lowest BCUT2D eigenvalue weighted by Gasteiger charge is -2.37. The maximum atomic E-state index is 12.9. The molecule has 1 heterocycles. The highest BCUT2D eigenvalue weighted by atomic mass is 16.2. The highest BCUT2D eigenvalue weighted by molar-refractivity contribution is 6.09. The Bertz CT molecular complexity index is 838. The number of allylic oxidation sites excluding steroid dienone is 2. The molecule has 2 saturated carbocycles. The summed E-state index contributed by atoms with van der Waals surface area (Å²) in [4.78, 5) is 39.5. The molecule has 2 bridgehead atoms. The Balaban J connectivity index is 1.33. The van der Waals surface area contributed by atoms with Crippen molar-refractivity contribution in [3.05, 3.63) is 41.5 Å². The third-order valence-corrected chi connectivity index (χ3v) is 6.71. The summed E-state index contributed by atoms with van der Waals surface area (Å²) in [6.07, 6.45) is 5.43. The fourth-order valence-electron chi connectivity index (χ4n) is 5.46. The van der Waals surface area contributed by atoms with Gasteiger partial charge in [0.05, 0.1) is 11.8 Å². The van der Waals surface area contributed by atoms with Crippen molar-refractivity contribution < 1.29 is 14.4 Å². The first-order chi connectivity index (χ1) is 12.5. The van der Waals surface area contributed by atoms with Crippen molar-refractivity contribution >= 4 is 23.4 Å². The molecule has 5 heteroatoms. The third-order valence-electron chi connectivity index (χ3n) is 6.71. The number of nitrogens with zero attached hydrogens (tertiary/aromatic N) is 1. The van der Waals surface area contributed by atoms with Gasteiger partial charge in [0.25, 0.3) is 0 Å². The molecule has 134 valence electrons. The summed E-state index contributed by atoms with van der Waals surface area (Å²) in [5.74, 6) is 0.436. The Morgan fingerprint density at radius 2 is 1.69 bits per heavy atom. The van der Waals surface area contributed by atoms with Gasteiger partial charge < -0.3 is 5.32 Å². The van der Waals surface area contributed by atoms with E-state index in [1.165, 1.54) is 4.90 Å². The highest BCUT2D eigenvalue weighted by Gasteiger charge is 2.67. The van der Waals surface area contributed by atoms with E-state index in [0.717, 1.165) is 23.2 Å². The van der Waals surface area contributed by atoms with Crippen molar-refractivity contribution in [2.24, 2.45) is 35.5 Å². The van der Waals surface area contributed by atoms with Gasteiger partial charge >= 0.3 is 0 Å². The van der Waals surface area contributed by atoms with E-state index in [-0.39, 0.29) is 47.9 Å². The van der Waals surface area contributed by atoms with E-state index in [1.54, 1.807) is 0 Å². The first-order valence-corrected chi connectivity index (χ1v) is 9.36. The van der Waals surface area contributed by atoms with Gasteiger partial charge in [-0.1, -0.05) is 29.8 Å². The lowest BCUT2D eigenvalue weighted by Crippen LogP contribution is -2.40. The standard InChI is InChI=1S/C21H22N2O3/c1-10-3-6-16(11(2)7-10)22-17(24)9-23-20(25)18-12-4-5-13(15-8-14(12)15)19(18)21(23)26/h3-7,12-15,18-19H,8-9H2,1-2H3,(H,22,24)/t12-,13+,14-,15-,18+,19-/m1/s1. The van der Waals surface area contributed by atoms with E-state index in [2.05, 4.69) is 17.5 Å². The van der Waals surface area contributed by atoms with Crippen LogP contribution in [0.4, 0.5) is 5.69 Å². The highest BCUT2D eigenvalue weighted by Crippen LogP contribution is 2.65. The van der Waals surface area contributed by atoms with E-state index in [4.69, 9.17) is 0 Å². The number of likely N-dealkylation sites (tertiary alicyclic amines) is 1. The van der Waals surface area contributed by atoms with Gasteiger partial charge in [0.1, 0.15) is 6.54 Å². The molecule has 3 amide bonds. The maximum absolute atomic E-state index is 12.9. The minimum Gasteiger partial charge on any atom is -0.324 e. The molecule has 3 fully saturated rings. The second-order valence-electron chi connectivity index (χ2n) is 8.28. The van der Waals surface area contributed by atoms with E-state index < -0.39 is 0 Å². The Morgan fingerprint density at radius 3 is 2.27 bits per heavy atom. The molecule has 0 unspecified atom stereocenters. The van der Waals surface area contributed by atoms with Crippen LogP contribution in [0, 0.1) is 49.4 Å². The molecule has 26 heavy (non-hydrogen) atoms. The summed E-state index contributed by atoms with van der Waals surface area (Å²) in [6.45, 7) is 3.74. The van der Waals surface area contributed by atoms with E-state index in [0.29, 0.717) is 11.8 Å². The van der Waals surface area contributed by atoms with Gasteiger partial charge in [-0.25, -0.2) is 0 Å². The number of hydrogen-bond acceptors (Lipinski definition) is 3. The molecule has 4 aliphatic carbocycles. The molecule has 1 N–H and O–H groups in total. The Morgan fingerprint density at radius 1 is 1.08 bits per heavy atom. The van der Waals surface area contributed by atoms with Crippen LogP contribution in [0.2, 0.25) is 0 Å². The van der Waals surface area contributed by atoms with Gasteiger partial charge in [-0.05, 0) is 55.6 Å². The molecule has 1 saturated heterocycles. The molecule has 5 aliphatic rings. The number of carbonyl (C=O) groups is 3. The third kappa shape index (κ3) is 2.12. The lowest BCUT2D eigenvalue weighted by atomic mass is 9.63. The van der Waals surface area contributed by atoms with Crippen LogP contribution in [-0.4, -0.2) is 29.2 Å². The molecular formula is C21H22N2O3. The Hall–Kier alpha value is -2.43. The first kappa shape index (κ1) is 15.8. The predicted molar refractivity (Wildman–Crippen MR) is 96.0 cm³/mol. The molecule has 0 radical (unpaired) electrons. The molecular weight excluding hydrogens is 328 g/mol. The van der Waals surface area contributed by atoms with Gasteiger partial charge in [-0.2, -0.15) is 0 Å². The van der Waals surface area contributed by atoms with Crippen LogP contribution in [0.25, 0.3) is 0 Å². The zero-order valence-electron chi connectivity index (χ0n) is 14.9.